The zero-order chi connectivity index (χ0) is 25.8. The summed E-state index contributed by atoms with van der Waals surface area (Å²) >= 11 is 0. The molecule has 39 heavy (non-hydrogen) atoms. The molecule has 0 atom stereocenters. The molecule has 8 aromatic rings. The molecule has 3 aromatic heterocycles. The highest BCUT2D eigenvalue weighted by molar-refractivity contribution is 7.72. The second-order valence-electron chi connectivity index (χ2n) is 9.72. The lowest BCUT2D eigenvalue weighted by Gasteiger charge is -2.23. The molecule has 0 unspecified atom stereocenters. The lowest BCUT2D eigenvalue weighted by atomic mass is 10.2. The van der Waals surface area contributed by atoms with E-state index in [0.29, 0.717) is 0 Å². The fourth-order valence-electron chi connectivity index (χ4n) is 5.88. The number of para-hydroxylation sites is 3. The van der Waals surface area contributed by atoms with Crippen molar-refractivity contribution >= 4 is 62.4 Å². The van der Waals surface area contributed by atoms with Gasteiger partial charge in [-0.3, -0.25) is 4.98 Å². The smallest absolute Gasteiger partial charge is 0.0984 e. The maximum absolute atomic E-state index is 5.16. The monoisotopic (exact) mass is 517 g/mol. The van der Waals surface area contributed by atoms with Crippen molar-refractivity contribution in [2.45, 2.75) is 0 Å². The van der Waals surface area contributed by atoms with Gasteiger partial charge in [0.25, 0.3) is 0 Å². The molecule has 184 valence electrons. The third-order valence-electron chi connectivity index (χ3n) is 7.50. The lowest BCUT2D eigenvalue weighted by molar-refractivity contribution is 1.18. The van der Waals surface area contributed by atoms with Crippen molar-refractivity contribution in [2.24, 2.45) is 0 Å². The van der Waals surface area contributed by atoms with Crippen LogP contribution in [-0.4, -0.2) is 13.9 Å². The normalized spacial score (nSPS) is 11.8. The Labute approximate surface area is 227 Å². The van der Waals surface area contributed by atoms with Crippen LogP contribution in [0.5, 0.6) is 0 Å². The van der Waals surface area contributed by atoms with Crippen molar-refractivity contribution < 1.29 is 0 Å². The number of fused-ring (bicyclic) bond motifs is 7. The minimum absolute atomic E-state index is 0.929. The topological polar surface area (TPSA) is 22.8 Å². The van der Waals surface area contributed by atoms with Gasteiger partial charge in [-0.2, -0.15) is 0 Å². The first-order valence-corrected chi connectivity index (χ1v) is 14.5. The molecule has 8 rings (SSSR count). The third-order valence-corrected chi connectivity index (χ3v) is 9.89. The van der Waals surface area contributed by atoms with Gasteiger partial charge in [-0.25, -0.2) is 0 Å². The summed E-state index contributed by atoms with van der Waals surface area (Å²) in [4.78, 5) is 5.16. The maximum Gasteiger partial charge on any atom is 0.0984 e. The molecule has 4 heteroatoms. The molecule has 0 saturated carbocycles. The highest BCUT2D eigenvalue weighted by Gasteiger charge is 2.26. The molecule has 0 radical (unpaired) electrons. The van der Waals surface area contributed by atoms with E-state index in [-0.39, 0.29) is 0 Å². The van der Waals surface area contributed by atoms with Gasteiger partial charge in [0.15, 0.2) is 0 Å². The molecule has 0 aliphatic heterocycles. The average molecular weight is 518 g/mol. The molecule has 5 aromatic carbocycles. The first-order valence-electron chi connectivity index (χ1n) is 13.2. The van der Waals surface area contributed by atoms with E-state index in [9.17, 15) is 0 Å². The van der Waals surface area contributed by atoms with Crippen molar-refractivity contribution in [3.05, 3.63) is 146 Å². The average Bonchev–Trinajstić information content (AvgIpc) is 3.52. The second-order valence-corrected chi connectivity index (χ2v) is 11.8. The first kappa shape index (κ1) is 22.3. The van der Waals surface area contributed by atoms with Gasteiger partial charge in [-0.15, -0.1) is 0 Å². The van der Waals surface area contributed by atoms with E-state index < -0.39 is 8.07 Å². The molecule has 0 spiro atoms. The maximum atomic E-state index is 5.16. The van der Waals surface area contributed by atoms with Gasteiger partial charge in [0.05, 0.1) is 35.7 Å². The van der Waals surface area contributed by atoms with Gasteiger partial charge in [0, 0.05) is 38.7 Å². The van der Waals surface area contributed by atoms with E-state index in [2.05, 4.69) is 155 Å². The van der Waals surface area contributed by atoms with Gasteiger partial charge in [-0.05, 0) is 24.3 Å². The second kappa shape index (κ2) is 8.94. The Hall–Kier alpha value is -4.72. The molecule has 0 amide bonds. The highest BCUT2D eigenvalue weighted by atomic mass is 31.1. The van der Waals surface area contributed by atoms with E-state index in [1.807, 2.05) is 0 Å². The Balaban J connectivity index is 1.63. The fraction of sp³-hybridized carbons (Fsp3) is 0. The first-order chi connectivity index (χ1) is 19.4. The summed E-state index contributed by atoms with van der Waals surface area (Å²) in [5.41, 5.74) is 6.95. The predicted molar refractivity (Wildman–Crippen MR) is 166 cm³/mol. The van der Waals surface area contributed by atoms with Gasteiger partial charge in [0.2, 0.25) is 0 Å². The Kier molecular flexibility index (Phi) is 5.11. The highest BCUT2D eigenvalue weighted by Crippen LogP contribution is 2.47. The molecule has 0 aliphatic carbocycles. The summed E-state index contributed by atoms with van der Waals surface area (Å²) in [6.45, 7) is 0. The van der Waals surface area contributed by atoms with Gasteiger partial charge in [0.1, 0.15) is 0 Å². The van der Waals surface area contributed by atoms with E-state index in [0.717, 1.165) is 11.2 Å². The number of nitrogens with zero attached hydrogens (tertiary/aromatic N) is 3. The van der Waals surface area contributed by atoms with E-state index >= 15 is 0 Å². The largest absolute Gasteiger partial charge is 0.307 e. The molecule has 0 bridgehead atoms. The van der Waals surface area contributed by atoms with Crippen molar-refractivity contribution in [2.75, 3.05) is 0 Å². The van der Waals surface area contributed by atoms with Gasteiger partial charge >= 0.3 is 0 Å². The third kappa shape index (κ3) is 3.37. The Morgan fingerprint density at radius 1 is 0.462 bits per heavy atom. The predicted octanol–water partition coefficient (Wildman–Crippen LogP) is 8.18. The molecular formula is C35H24N3P. The van der Waals surface area contributed by atoms with Gasteiger partial charge < -0.3 is 8.90 Å². The Morgan fingerprint density at radius 2 is 1.00 bits per heavy atom. The van der Waals surface area contributed by atoms with Crippen molar-refractivity contribution in [1.82, 2.24) is 13.9 Å². The minimum atomic E-state index is -0.929. The molecule has 0 N–H and O–H groups in total. The SMILES string of the molecule is c1ccc(-n2c3ccccc3c3cnc4c5ccccc5n(P(c5ccccc5)c5ccccc5)c4c32)cc1. The van der Waals surface area contributed by atoms with Crippen LogP contribution in [0.4, 0.5) is 0 Å². The molecular weight excluding hydrogens is 493 g/mol. The standard InChI is InChI=1S/C35H24N3P/c1-4-14-25(15-5-1)37-31-22-12-10-20-28(31)30-24-36-33-29-21-11-13-23-32(29)38(35(33)34(30)37)39(26-16-6-2-7-17-26)27-18-8-3-9-19-27/h1-24H. The van der Waals surface area contributed by atoms with Crippen LogP contribution in [-0.2, 0) is 0 Å². The summed E-state index contributed by atoms with van der Waals surface area (Å²) < 4.78 is 5.01. The number of hydrogen-bond acceptors (Lipinski definition) is 1. The summed E-state index contributed by atoms with van der Waals surface area (Å²) in [6.07, 6.45) is 2.07. The quantitative estimate of drug-likeness (QED) is 0.216. The molecule has 0 aliphatic rings. The number of hydrogen-bond donors (Lipinski definition) is 0. The van der Waals surface area contributed by atoms with Crippen LogP contribution >= 0.6 is 8.07 Å². The summed E-state index contributed by atoms with van der Waals surface area (Å²) in [7, 11) is -0.929. The lowest BCUT2D eigenvalue weighted by Crippen LogP contribution is -2.17. The van der Waals surface area contributed by atoms with Crippen LogP contribution in [0, 0.1) is 0 Å². The number of benzene rings is 5. The van der Waals surface area contributed by atoms with E-state index in [1.54, 1.807) is 0 Å². The molecule has 3 heterocycles. The van der Waals surface area contributed by atoms with Crippen LogP contribution < -0.4 is 10.6 Å². The summed E-state index contributed by atoms with van der Waals surface area (Å²) in [5.74, 6) is 0. The molecule has 0 saturated heterocycles. The van der Waals surface area contributed by atoms with E-state index in [1.165, 1.54) is 48.8 Å². The summed E-state index contributed by atoms with van der Waals surface area (Å²) in [5, 5.41) is 6.17. The van der Waals surface area contributed by atoms with Crippen LogP contribution in [0.2, 0.25) is 0 Å². The Morgan fingerprint density at radius 3 is 1.67 bits per heavy atom. The van der Waals surface area contributed by atoms with E-state index in [4.69, 9.17) is 4.98 Å². The zero-order valence-electron chi connectivity index (χ0n) is 21.1. The Bertz CT molecular complexity index is 2070. The number of pyridine rings is 1. The molecule has 0 fully saturated rings. The summed E-state index contributed by atoms with van der Waals surface area (Å²) in [6, 6.07) is 50.0. The van der Waals surface area contributed by atoms with Crippen LogP contribution in [0.15, 0.2) is 146 Å². The van der Waals surface area contributed by atoms with Crippen LogP contribution in [0.1, 0.15) is 0 Å². The van der Waals surface area contributed by atoms with Crippen molar-refractivity contribution in [3.63, 3.8) is 0 Å². The fourth-order valence-corrected chi connectivity index (χ4v) is 8.33. The van der Waals surface area contributed by atoms with Crippen LogP contribution in [0.3, 0.4) is 0 Å². The zero-order valence-corrected chi connectivity index (χ0v) is 22.0. The number of rotatable bonds is 4. The van der Waals surface area contributed by atoms with Gasteiger partial charge in [-0.1, -0.05) is 115 Å². The molecule has 3 nitrogen and oxygen atoms in total. The van der Waals surface area contributed by atoms with Crippen molar-refractivity contribution in [1.29, 1.82) is 0 Å². The minimum Gasteiger partial charge on any atom is -0.307 e. The number of aromatic nitrogens is 3. The van der Waals surface area contributed by atoms with Crippen LogP contribution in [0.25, 0.3) is 49.4 Å². The van der Waals surface area contributed by atoms with Crippen molar-refractivity contribution in [3.8, 4) is 5.69 Å².